The molecule has 8 nitrogen and oxygen atoms in total. The maximum absolute atomic E-state index is 12.9. The van der Waals surface area contributed by atoms with Gasteiger partial charge < -0.3 is 10.8 Å². The van der Waals surface area contributed by atoms with E-state index >= 15 is 0 Å². The fourth-order valence-corrected chi connectivity index (χ4v) is 6.90. The average molecular weight is 530 g/mol. The van der Waals surface area contributed by atoms with Crippen molar-refractivity contribution in [3.05, 3.63) is 69.9 Å². The van der Waals surface area contributed by atoms with Crippen LogP contribution in [-0.4, -0.2) is 33.7 Å². The summed E-state index contributed by atoms with van der Waals surface area (Å²) in [5.41, 5.74) is 7.45. The molecule has 1 aromatic carbocycles. The summed E-state index contributed by atoms with van der Waals surface area (Å²) in [5.74, 6) is 0.00875. The molecule has 4 N–H and O–H groups in total. The van der Waals surface area contributed by atoms with Crippen molar-refractivity contribution in [2.75, 3.05) is 5.73 Å². The van der Waals surface area contributed by atoms with Crippen molar-refractivity contribution in [1.82, 2.24) is 19.7 Å². The molecule has 3 heterocycles. The number of aliphatic hydroxyl groups is 1. The smallest absolute Gasteiger partial charge is 0.220 e. The number of benzene rings is 1. The van der Waals surface area contributed by atoms with E-state index in [1.807, 2.05) is 30.3 Å². The molecule has 0 saturated heterocycles. The van der Waals surface area contributed by atoms with E-state index in [1.165, 1.54) is 17.5 Å². The lowest BCUT2D eigenvalue weighted by molar-refractivity contribution is 0.0785. The van der Waals surface area contributed by atoms with E-state index in [-0.39, 0.29) is 11.0 Å². The van der Waals surface area contributed by atoms with E-state index in [2.05, 4.69) is 19.7 Å². The van der Waals surface area contributed by atoms with E-state index in [4.69, 9.17) is 17.3 Å². The molecule has 4 aromatic rings. The van der Waals surface area contributed by atoms with Gasteiger partial charge in [-0.1, -0.05) is 29.8 Å². The topological polar surface area (TPSA) is 131 Å². The number of halogens is 1. The molecule has 1 aliphatic carbocycles. The number of nitrogens with one attached hydrogen (secondary N) is 1. The molecule has 182 valence electrons. The molecule has 0 spiro atoms. The van der Waals surface area contributed by atoms with Crippen molar-refractivity contribution >= 4 is 49.0 Å². The van der Waals surface area contributed by atoms with Crippen LogP contribution in [0.1, 0.15) is 48.9 Å². The number of pyridine rings is 1. The van der Waals surface area contributed by atoms with E-state index in [9.17, 15) is 13.5 Å². The van der Waals surface area contributed by atoms with E-state index in [0.29, 0.717) is 24.2 Å². The van der Waals surface area contributed by atoms with Crippen LogP contribution >= 0.6 is 22.9 Å². The van der Waals surface area contributed by atoms with Crippen LogP contribution in [0.3, 0.4) is 0 Å². The van der Waals surface area contributed by atoms with Gasteiger partial charge in [0.15, 0.2) is 0 Å². The minimum atomic E-state index is -3.58. The minimum Gasteiger partial charge on any atom is -0.386 e. The molecule has 1 atom stereocenters. The molecule has 0 bridgehead atoms. The van der Waals surface area contributed by atoms with Crippen molar-refractivity contribution in [2.45, 2.75) is 43.6 Å². The van der Waals surface area contributed by atoms with Crippen LogP contribution < -0.4 is 10.5 Å². The number of thiophene rings is 1. The number of hydrogen-bond donors (Lipinski definition) is 3. The first kappa shape index (κ1) is 24.1. The molecular weight excluding hydrogens is 506 g/mol. The highest BCUT2D eigenvalue weighted by atomic mass is 35.5. The summed E-state index contributed by atoms with van der Waals surface area (Å²) in [5, 5.41) is 11.2. The Balaban J connectivity index is 1.65. The third kappa shape index (κ3) is 4.89. The van der Waals surface area contributed by atoms with Crippen LogP contribution in [-0.2, 0) is 15.6 Å². The number of hydrogen-bond acceptors (Lipinski definition) is 8. The lowest BCUT2D eigenvalue weighted by atomic mass is 9.97. The van der Waals surface area contributed by atoms with Gasteiger partial charge in [0, 0.05) is 21.3 Å². The highest BCUT2D eigenvalue weighted by Gasteiger charge is 2.38. The van der Waals surface area contributed by atoms with Crippen LogP contribution in [0.2, 0.25) is 5.02 Å². The molecule has 1 unspecified atom stereocenters. The third-order valence-corrected chi connectivity index (χ3v) is 9.35. The first-order chi connectivity index (χ1) is 16.5. The SMILES string of the molecule is CC(C)(O)c1ccnc(-c2cccc3cc(C(NS(=O)(=O)C4CC4)c4nc(N)ncc4Cl)sc23)c1. The number of nitrogen functional groups attached to an aromatic ring is 1. The summed E-state index contributed by atoms with van der Waals surface area (Å²) in [4.78, 5) is 13.4. The Bertz CT molecular complexity index is 1530. The molecule has 35 heavy (non-hydrogen) atoms. The predicted molar refractivity (Wildman–Crippen MR) is 139 cm³/mol. The number of aromatic nitrogens is 3. The molecule has 1 saturated carbocycles. The largest absolute Gasteiger partial charge is 0.386 e. The second-order valence-electron chi connectivity index (χ2n) is 9.12. The first-order valence-corrected chi connectivity index (χ1v) is 13.8. The van der Waals surface area contributed by atoms with Crippen LogP contribution in [0.15, 0.2) is 48.8 Å². The maximum atomic E-state index is 12.9. The fraction of sp³-hybridized carbons (Fsp3) is 0.292. The average Bonchev–Trinajstić information content (AvgIpc) is 3.58. The third-order valence-electron chi connectivity index (χ3n) is 5.90. The second-order valence-corrected chi connectivity index (χ2v) is 12.6. The Morgan fingerprint density at radius 2 is 2.00 bits per heavy atom. The normalized spacial score (nSPS) is 15.4. The summed E-state index contributed by atoms with van der Waals surface area (Å²) in [7, 11) is -3.58. The lowest BCUT2D eigenvalue weighted by Crippen LogP contribution is -2.32. The van der Waals surface area contributed by atoms with E-state index < -0.39 is 26.9 Å². The van der Waals surface area contributed by atoms with Crippen LogP contribution in [0.4, 0.5) is 5.95 Å². The Morgan fingerprint density at radius 1 is 1.23 bits per heavy atom. The quantitative estimate of drug-likeness (QED) is 0.323. The number of nitrogens with two attached hydrogens (primary N) is 1. The Kier molecular flexibility index (Phi) is 6.05. The van der Waals surface area contributed by atoms with Crippen molar-refractivity contribution in [3.8, 4) is 11.3 Å². The van der Waals surface area contributed by atoms with Crippen LogP contribution in [0, 0.1) is 0 Å². The molecule has 11 heteroatoms. The van der Waals surface area contributed by atoms with Crippen molar-refractivity contribution in [2.24, 2.45) is 0 Å². The number of rotatable bonds is 7. The number of sulfonamides is 1. The molecule has 5 rings (SSSR count). The highest BCUT2D eigenvalue weighted by Crippen LogP contribution is 2.41. The molecule has 0 aliphatic heterocycles. The van der Waals surface area contributed by atoms with Gasteiger partial charge in [-0.2, -0.15) is 0 Å². The molecule has 3 aromatic heterocycles. The zero-order valence-electron chi connectivity index (χ0n) is 19.1. The minimum absolute atomic E-state index is 0.00875. The molecule has 1 aliphatic rings. The van der Waals surface area contributed by atoms with Gasteiger partial charge in [-0.25, -0.2) is 23.1 Å². The van der Waals surface area contributed by atoms with Crippen molar-refractivity contribution < 1.29 is 13.5 Å². The van der Waals surface area contributed by atoms with Gasteiger partial charge in [0.2, 0.25) is 16.0 Å². The number of anilines is 1. The van der Waals surface area contributed by atoms with E-state index in [0.717, 1.165) is 26.1 Å². The summed E-state index contributed by atoms with van der Waals surface area (Å²) in [6.45, 7) is 3.45. The Morgan fingerprint density at radius 3 is 2.71 bits per heavy atom. The second kappa shape index (κ2) is 8.79. The van der Waals surface area contributed by atoms with Crippen LogP contribution in [0.25, 0.3) is 21.3 Å². The van der Waals surface area contributed by atoms with Gasteiger partial charge in [-0.3, -0.25) is 4.98 Å². The summed E-state index contributed by atoms with van der Waals surface area (Å²) >= 11 is 7.84. The van der Waals surface area contributed by atoms with Crippen molar-refractivity contribution in [3.63, 3.8) is 0 Å². The molecular formula is C24H24ClN5O3S2. The number of nitrogens with zero attached hydrogens (tertiary/aromatic N) is 3. The van der Waals surface area contributed by atoms with Crippen molar-refractivity contribution in [1.29, 1.82) is 0 Å². The van der Waals surface area contributed by atoms with Gasteiger partial charge in [0.1, 0.15) is 0 Å². The van der Waals surface area contributed by atoms with Gasteiger partial charge >= 0.3 is 0 Å². The lowest BCUT2D eigenvalue weighted by Gasteiger charge is -2.18. The van der Waals surface area contributed by atoms with Crippen LogP contribution in [0.5, 0.6) is 0 Å². The highest BCUT2D eigenvalue weighted by molar-refractivity contribution is 7.90. The maximum Gasteiger partial charge on any atom is 0.220 e. The molecule has 1 fully saturated rings. The first-order valence-electron chi connectivity index (χ1n) is 11.0. The predicted octanol–water partition coefficient (Wildman–Crippen LogP) is 4.39. The summed E-state index contributed by atoms with van der Waals surface area (Å²) in [6.07, 6.45) is 4.30. The summed E-state index contributed by atoms with van der Waals surface area (Å²) < 4.78 is 29.6. The van der Waals surface area contributed by atoms with Gasteiger partial charge in [-0.15, -0.1) is 11.3 Å². The monoisotopic (exact) mass is 529 g/mol. The van der Waals surface area contributed by atoms with Gasteiger partial charge in [-0.05, 0) is 55.8 Å². The van der Waals surface area contributed by atoms with Gasteiger partial charge in [0.05, 0.1) is 39.5 Å². The Labute approximate surface area is 212 Å². The number of fused-ring (bicyclic) bond motifs is 1. The zero-order chi connectivity index (χ0) is 25.0. The molecule has 0 radical (unpaired) electrons. The standard InChI is InChI=1S/C24H24ClN5O3S2/c1-24(2,31)14-8-9-27-18(11-14)16-5-3-4-13-10-19(34-22(13)16)21(30-35(32,33)15-6-7-15)20-17(25)12-28-23(26)29-20/h3-5,8-12,15,21,30-31H,6-7H2,1-2H3,(H2,26,28,29). The zero-order valence-corrected chi connectivity index (χ0v) is 21.5. The molecule has 0 amide bonds. The fourth-order valence-electron chi connectivity index (χ4n) is 3.87. The van der Waals surface area contributed by atoms with Gasteiger partial charge in [0.25, 0.3) is 0 Å². The Hall–Kier alpha value is -2.63. The summed E-state index contributed by atoms with van der Waals surface area (Å²) in [6, 6.07) is 10.6. The van der Waals surface area contributed by atoms with E-state index in [1.54, 1.807) is 26.1 Å².